The highest BCUT2D eigenvalue weighted by molar-refractivity contribution is 6.51. The number of carbonyl (C=O) groups is 2. The van der Waals surface area contributed by atoms with E-state index in [9.17, 15) is 14.7 Å². The molecule has 1 unspecified atom stereocenters. The van der Waals surface area contributed by atoms with Crippen LogP contribution in [0.5, 0.6) is 0 Å². The average molecular weight is 474 g/mol. The minimum absolute atomic E-state index is 0.0738. The number of rotatable bonds is 3. The van der Waals surface area contributed by atoms with Crippen molar-refractivity contribution in [2.24, 2.45) is 0 Å². The van der Waals surface area contributed by atoms with E-state index in [4.69, 9.17) is 11.6 Å². The van der Waals surface area contributed by atoms with E-state index in [-0.39, 0.29) is 16.7 Å². The van der Waals surface area contributed by atoms with Crippen LogP contribution in [0.3, 0.4) is 0 Å². The molecule has 1 amide bonds. The van der Waals surface area contributed by atoms with E-state index in [1.54, 1.807) is 24.3 Å². The smallest absolute Gasteiger partial charge is 0.300 e. The highest BCUT2D eigenvalue weighted by atomic mass is 35.5. The molecule has 0 saturated carbocycles. The minimum Gasteiger partial charge on any atom is -0.507 e. The van der Waals surface area contributed by atoms with Gasteiger partial charge < -0.3 is 5.11 Å². The van der Waals surface area contributed by atoms with Crippen molar-refractivity contribution in [3.8, 4) is 0 Å². The third-order valence-corrected chi connectivity index (χ3v) is 6.48. The van der Waals surface area contributed by atoms with E-state index in [0.29, 0.717) is 16.3 Å². The summed E-state index contributed by atoms with van der Waals surface area (Å²) in [5, 5.41) is 12.0. The second kappa shape index (κ2) is 8.77. The molecule has 0 aromatic heterocycles. The summed E-state index contributed by atoms with van der Waals surface area (Å²) in [6.45, 7) is 10.1. The molecule has 0 radical (unpaired) electrons. The van der Waals surface area contributed by atoms with Gasteiger partial charge in [0, 0.05) is 16.3 Å². The van der Waals surface area contributed by atoms with Gasteiger partial charge in [-0.1, -0.05) is 80.4 Å². The average Bonchev–Trinajstić information content (AvgIpc) is 3.03. The summed E-state index contributed by atoms with van der Waals surface area (Å²) in [7, 11) is 0. The molecule has 3 aromatic rings. The van der Waals surface area contributed by atoms with Crippen molar-refractivity contribution in [2.45, 2.75) is 46.1 Å². The summed E-state index contributed by atoms with van der Waals surface area (Å²) in [5.41, 5.74) is 4.55. The predicted molar refractivity (Wildman–Crippen MR) is 137 cm³/mol. The molecule has 4 rings (SSSR count). The lowest BCUT2D eigenvalue weighted by Gasteiger charge is -2.26. The first-order valence-electron chi connectivity index (χ1n) is 11.2. The quantitative estimate of drug-likeness (QED) is 0.256. The first-order valence-corrected chi connectivity index (χ1v) is 11.6. The molecule has 1 aliphatic rings. The summed E-state index contributed by atoms with van der Waals surface area (Å²) >= 11 is 6.22. The molecule has 0 aliphatic carbocycles. The lowest BCUT2D eigenvalue weighted by atomic mass is 9.84. The highest BCUT2D eigenvalue weighted by Gasteiger charge is 2.47. The van der Waals surface area contributed by atoms with Gasteiger partial charge in [-0.3, -0.25) is 14.5 Å². The summed E-state index contributed by atoms with van der Waals surface area (Å²) in [5.74, 6) is -1.58. The van der Waals surface area contributed by atoms with Gasteiger partial charge in [0.1, 0.15) is 5.76 Å². The van der Waals surface area contributed by atoms with Crippen LogP contribution in [0, 0.1) is 13.8 Å². The first-order chi connectivity index (χ1) is 16.0. The Kier molecular flexibility index (Phi) is 6.13. The van der Waals surface area contributed by atoms with Crippen molar-refractivity contribution in [3.63, 3.8) is 0 Å². The van der Waals surface area contributed by atoms with Crippen LogP contribution in [0.15, 0.2) is 72.3 Å². The third kappa shape index (κ3) is 4.26. The number of hydrogen-bond acceptors (Lipinski definition) is 3. The fraction of sp³-hybridized carbons (Fsp3) is 0.241. The standard InChI is InChI=1S/C29H28ClNO3/c1-17-8-6-9-19(14-17)25-24(26(32)23-15-20(29(3,4)5)13-12-18(23)2)27(33)28(34)31(25)22-11-7-10-21(30)16-22/h6-16,25,32H,1-5H3/b26-24+. The number of aliphatic hydroxyl groups excluding tert-OH is 1. The van der Waals surface area contributed by atoms with Gasteiger partial charge in [-0.25, -0.2) is 0 Å². The number of nitrogens with zero attached hydrogens (tertiary/aromatic N) is 1. The lowest BCUT2D eigenvalue weighted by Crippen LogP contribution is -2.29. The Hall–Kier alpha value is -3.37. The van der Waals surface area contributed by atoms with Crippen LogP contribution in [-0.4, -0.2) is 16.8 Å². The molecule has 5 heteroatoms. The van der Waals surface area contributed by atoms with Crippen LogP contribution in [0.2, 0.25) is 5.02 Å². The zero-order chi connectivity index (χ0) is 24.8. The predicted octanol–water partition coefficient (Wildman–Crippen LogP) is 6.88. The molecule has 0 bridgehead atoms. The van der Waals surface area contributed by atoms with E-state index >= 15 is 0 Å². The van der Waals surface area contributed by atoms with Crippen LogP contribution in [-0.2, 0) is 15.0 Å². The fourth-order valence-electron chi connectivity index (χ4n) is 4.37. The molecular formula is C29H28ClNO3. The second-order valence-electron chi connectivity index (χ2n) is 9.84. The van der Waals surface area contributed by atoms with E-state index in [1.807, 2.05) is 56.3 Å². The topological polar surface area (TPSA) is 57.6 Å². The highest BCUT2D eigenvalue weighted by Crippen LogP contribution is 2.43. The molecule has 174 valence electrons. The Bertz CT molecular complexity index is 1330. The van der Waals surface area contributed by atoms with Crippen LogP contribution in [0.4, 0.5) is 5.69 Å². The van der Waals surface area contributed by atoms with Crippen LogP contribution >= 0.6 is 11.6 Å². The largest absolute Gasteiger partial charge is 0.507 e. The number of hydrogen-bond donors (Lipinski definition) is 1. The van der Waals surface area contributed by atoms with Crippen LogP contribution < -0.4 is 4.90 Å². The Morgan fingerprint density at radius 3 is 2.29 bits per heavy atom. The number of ketones is 1. The monoisotopic (exact) mass is 473 g/mol. The second-order valence-corrected chi connectivity index (χ2v) is 10.3. The summed E-state index contributed by atoms with van der Waals surface area (Å²) < 4.78 is 0. The molecule has 1 atom stereocenters. The molecule has 1 aliphatic heterocycles. The SMILES string of the molecule is Cc1cccc(C2/C(=C(\O)c3cc(C(C)(C)C)ccc3C)C(=O)C(=O)N2c2cccc(Cl)c2)c1. The number of benzene rings is 3. The number of anilines is 1. The molecule has 3 aromatic carbocycles. The fourth-order valence-corrected chi connectivity index (χ4v) is 4.55. The van der Waals surface area contributed by atoms with Gasteiger partial charge >= 0.3 is 0 Å². The zero-order valence-corrected chi connectivity index (χ0v) is 20.8. The van der Waals surface area contributed by atoms with Crippen molar-refractivity contribution >= 4 is 34.7 Å². The molecule has 34 heavy (non-hydrogen) atoms. The summed E-state index contributed by atoms with van der Waals surface area (Å²) in [6, 6.07) is 19.6. The van der Waals surface area contributed by atoms with Gasteiger partial charge in [-0.05, 0) is 60.2 Å². The van der Waals surface area contributed by atoms with Crippen LogP contribution in [0.25, 0.3) is 5.76 Å². The molecule has 1 N–H and O–H groups in total. The molecule has 0 spiro atoms. The number of aryl methyl sites for hydroxylation is 2. The maximum Gasteiger partial charge on any atom is 0.300 e. The third-order valence-electron chi connectivity index (χ3n) is 6.25. The first kappa shape index (κ1) is 23.8. The van der Waals surface area contributed by atoms with Gasteiger partial charge in [-0.15, -0.1) is 0 Å². The van der Waals surface area contributed by atoms with Gasteiger partial charge in [0.15, 0.2) is 0 Å². The lowest BCUT2D eigenvalue weighted by molar-refractivity contribution is -0.132. The minimum atomic E-state index is -0.781. The molecule has 1 saturated heterocycles. The zero-order valence-electron chi connectivity index (χ0n) is 20.0. The maximum atomic E-state index is 13.4. The van der Waals surface area contributed by atoms with Gasteiger partial charge in [-0.2, -0.15) is 0 Å². The van der Waals surface area contributed by atoms with E-state index in [0.717, 1.165) is 22.3 Å². The van der Waals surface area contributed by atoms with E-state index in [2.05, 4.69) is 20.8 Å². The number of halogens is 1. The maximum absolute atomic E-state index is 13.4. The Labute approximate surface area is 205 Å². The molecule has 1 heterocycles. The van der Waals surface area contributed by atoms with Gasteiger partial charge in [0.25, 0.3) is 11.7 Å². The summed E-state index contributed by atoms with van der Waals surface area (Å²) in [4.78, 5) is 28.2. The van der Waals surface area contributed by atoms with Crippen molar-refractivity contribution in [1.29, 1.82) is 0 Å². The normalized spacial score (nSPS) is 17.9. The number of carbonyl (C=O) groups excluding carboxylic acids is 2. The van der Waals surface area contributed by atoms with Crippen molar-refractivity contribution < 1.29 is 14.7 Å². The Morgan fingerprint density at radius 1 is 0.941 bits per heavy atom. The molecular weight excluding hydrogens is 446 g/mol. The molecule has 4 nitrogen and oxygen atoms in total. The van der Waals surface area contributed by atoms with Crippen molar-refractivity contribution in [3.05, 3.63) is 105 Å². The number of Topliss-reactive ketones (excluding diaryl/α,β-unsaturated/α-hetero) is 1. The molecule has 1 fully saturated rings. The summed E-state index contributed by atoms with van der Waals surface area (Å²) in [6.07, 6.45) is 0. The van der Waals surface area contributed by atoms with Crippen molar-refractivity contribution in [1.82, 2.24) is 0 Å². The Balaban J connectivity index is 2.00. The van der Waals surface area contributed by atoms with E-state index < -0.39 is 17.7 Å². The van der Waals surface area contributed by atoms with Gasteiger partial charge in [0.2, 0.25) is 0 Å². The Morgan fingerprint density at radius 2 is 1.65 bits per heavy atom. The van der Waals surface area contributed by atoms with Crippen LogP contribution in [0.1, 0.15) is 54.6 Å². The van der Waals surface area contributed by atoms with Gasteiger partial charge in [0.05, 0.1) is 11.6 Å². The van der Waals surface area contributed by atoms with Crippen molar-refractivity contribution in [2.75, 3.05) is 4.90 Å². The number of amides is 1. The van der Waals surface area contributed by atoms with E-state index in [1.165, 1.54) is 4.90 Å². The number of aliphatic hydroxyl groups is 1.